The van der Waals surface area contributed by atoms with Crippen LogP contribution in [0.5, 0.6) is 0 Å². The topological polar surface area (TPSA) is 71.7 Å². The molecule has 1 saturated heterocycles. The molecule has 2 N–H and O–H groups in total. The summed E-state index contributed by atoms with van der Waals surface area (Å²) in [7, 11) is 0. The van der Waals surface area contributed by atoms with Crippen LogP contribution in [-0.4, -0.2) is 42.2 Å². The fraction of sp³-hybridized carbons (Fsp3) is 0.429. The van der Waals surface area contributed by atoms with Crippen molar-refractivity contribution in [2.45, 2.75) is 25.5 Å². The summed E-state index contributed by atoms with van der Waals surface area (Å²) in [6, 6.07) is 11.9. The Morgan fingerprint density at radius 1 is 1.11 bits per heavy atom. The largest absolute Gasteiger partial charge is 0.371 e. The lowest BCUT2D eigenvalue weighted by Gasteiger charge is -2.38. The maximum atomic E-state index is 11.9. The second kappa shape index (κ2) is 7.96. The quantitative estimate of drug-likeness (QED) is 0.903. The van der Waals surface area contributed by atoms with Gasteiger partial charge in [-0.3, -0.25) is 9.88 Å². The molecule has 3 heterocycles. The molecule has 2 aliphatic heterocycles. The third-order valence-electron chi connectivity index (χ3n) is 5.64. The number of fused-ring (bicyclic) bond motifs is 1. The van der Waals surface area contributed by atoms with Gasteiger partial charge in [0.25, 0.3) is 0 Å². The number of urea groups is 1. The summed E-state index contributed by atoms with van der Waals surface area (Å²) < 4.78 is 6.26. The number of pyridine rings is 1. The van der Waals surface area contributed by atoms with Gasteiger partial charge in [0.05, 0.1) is 6.61 Å². The van der Waals surface area contributed by atoms with Gasteiger partial charge in [0.15, 0.2) is 6.23 Å². The molecule has 2 aliphatic rings. The molecule has 1 aromatic heterocycles. The van der Waals surface area contributed by atoms with E-state index >= 15 is 0 Å². The number of benzene rings is 1. The second-order valence-corrected chi connectivity index (χ2v) is 7.30. The first-order chi connectivity index (χ1) is 13.2. The number of carbonyl (C=O) groups is 1. The van der Waals surface area contributed by atoms with Gasteiger partial charge in [0.1, 0.15) is 0 Å². The van der Waals surface area contributed by atoms with E-state index < -0.39 is 6.03 Å². The summed E-state index contributed by atoms with van der Waals surface area (Å²) in [5.41, 5.74) is 9.14. The lowest BCUT2D eigenvalue weighted by Crippen LogP contribution is -2.45. The molecule has 2 aromatic rings. The molecule has 0 bridgehead atoms. The molecule has 2 amide bonds. The zero-order valence-electron chi connectivity index (χ0n) is 15.5. The molecule has 1 fully saturated rings. The van der Waals surface area contributed by atoms with E-state index in [0.717, 1.165) is 37.9 Å². The van der Waals surface area contributed by atoms with Crippen molar-refractivity contribution < 1.29 is 9.53 Å². The van der Waals surface area contributed by atoms with Crippen molar-refractivity contribution in [1.82, 2.24) is 9.88 Å². The van der Waals surface area contributed by atoms with Crippen LogP contribution in [0.15, 0.2) is 48.8 Å². The number of hydrogen-bond acceptors (Lipinski definition) is 4. The third-order valence-corrected chi connectivity index (χ3v) is 5.64. The predicted octanol–water partition coefficient (Wildman–Crippen LogP) is 2.95. The van der Waals surface area contributed by atoms with Gasteiger partial charge in [-0.05, 0) is 42.9 Å². The summed E-state index contributed by atoms with van der Waals surface area (Å²) in [6.45, 7) is 3.28. The molecule has 1 unspecified atom stereocenters. The van der Waals surface area contributed by atoms with Crippen LogP contribution in [0.1, 0.15) is 30.2 Å². The first-order valence-electron chi connectivity index (χ1n) is 9.63. The van der Waals surface area contributed by atoms with Crippen molar-refractivity contribution in [1.29, 1.82) is 0 Å². The highest BCUT2D eigenvalue weighted by atomic mass is 16.5. The van der Waals surface area contributed by atoms with Gasteiger partial charge in [-0.1, -0.05) is 24.3 Å². The highest BCUT2D eigenvalue weighted by Gasteiger charge is 2.31. The first kappa shape index (κ1) is 17.8. The normalized spacial score (nSPS) is 20.4. The molecule has 4 rings (SSSR count). The standard InChI is InChI=1S/C21H26N4O2/c22-21(26)25-14-9-17-3-1-2-4-19(17)20(25)27-15-16-7-12-24(13-8-16)18-5-10-23-11-6-18/h1-6,10-11,16,20H,7-9,12-15H2,(H2,22,26). The van der Waals surface area contributed by atoms with E-state index in [4.69, 9.17) is 10.5 Å². The molecule has 0 spiro atoms. The van der Waals surface area contributed by atoms with Crippen LogP contribution in [0.2, 0.25) is 0 Å². The van der Waals surface area contributed by atoms with Gasteiger partial charge in [-0.25, -0.2) is 4.79 Å². The number of rotatable bonds is 4. The average molecular weight is 366 g/mol. The number of anilines is 1. The summed E-state index contributed by atoms with van der Waals surface area (Å²) in [5.74, 6) is 0.493. The van der Waals surface area contributed by atoms with Crippen LogP contribution in [0.3, 0.4) is 0 Å². The first-order valence-corrected chi connectivity index (χ1v) is 9.63. The number of ether oxygens (including phenoxy) is 1. The monoisotopic (exact) mass is 366 g/mol. The van der Waals surface area contributed by atoms with Crippen LogP contribution in [0.25, 0.3) is 0 Å². The van der Waals surface area contributed by atoms with Gasteiger partial charge in [0, 0.05) is 43.3 Å². The Kier molecular flexibility index (Phi) is 5.25. The summed E-state index contributed by atoms with van der Waals surface area (Å²) in [4.78, 5) is 20.0. The summed E-state index contributed by atoms with van der Waals surface area (Å²) in [5, 5.41) is 0. The van der Waals surface area contributed by atoms with Crippen LogP contribution in [0, 0.1) is 5.92 Å². The lowest BCUT2D eigenvalue weighted by molar-refractivity contribution is -0.0603. The van der Waals surface area contributed by atoms with Crippen LogP contribution >= 0.6 is 0 Å². The average Bonchev–Trinajstić information content (AvgIpc) is 2.72. The lowest BCUT2D eigenvalue weighted by atomic mass is 9.96. The number of hydrogen-bond donors (Lipinski definition) is 1. The Morgan fingerprint density at radius 3 is 2.59 bits per heavy atom. The third kappa shape index (κ3) is 3.90. The minimum Gasteiger partial charge on any atom is -0.371 e. The SMILES string of the molecule is NC(=O)N1CCc2ccccc2C1OCC1CCN(c2ccncc2)CC1. The van der Waals surface area contributed by atoms with Gasteiger partial charge in [0.2, 0.25) is 0 Å². The number of nitrogens with two attached hydrogens (primary N) is 1. The fourth-order valence-corrected chi connectivity index (χ4v) is 4.07. The van der Waals surface area contributed by atoms with E-state index in [0.29, 0.717) is 19.1 Å². The predicted molar refractivity (Wildman–Crippen MR) is 104 cm³/mol. The Balaban J connectivity index is 1.37. The smallest absolute Gasteiger partial charge is 0.317 e. The van der Waals surface area contributed by atoms with Crippen molar-refractivity contribution in [3.63, 3.8) is 0 Å². The molecule has 0 saturated carbocycles. The zero-order valence-corrected chi connectivity index (χ0v) is 15.5. The number of nitrogens with zero attached hydrogens (tertiary/aromatic N) is 3. The van der Waals surface area contributed by atoms with Crippen molar-refractivity contribution in [2.75, 3.05) is 31.1 Å². The van der Waals surface area contributed by atoms with Crippen molar-refractivity contribution >= 4 is 11.7 Å². The van der Waals surface area contributed by atoms with Crippen molar-refractivity contribution in [2.24, 2.45) is 11.7 Å². The fourth-order valence-electron chi connectivity index (χ4n) is 4.07. The molecule has 1 aromatic carbocycles. The number of amides is 2. The Labute approximate surface area is 159 Å². The highest BCUT2D eigenvalue weighted by molar-refractivity contribution is 5.73. The molecular formula is C21H26N4O2. The van der Waals surface area contributed by atoms with Gasteiger partial charge < -0.3 is 15.4 Å². The van der Waals surface area contributed by atoms with Gasteiger partial charge >= 0.3 is 6.03 Å². The minimum absolute atomic E-state index is 0.370. The van der Waals surface area contributed by atoms with E-state index in [-0.39, 0.29) is 6.23 Å². The molecule has 6 nitrogen and oxygen atoms in total. The number of aromatic nitrogens is 1. The molecule has 27 heavy (non-hydrogen) atoms. The summed E-state index contributed by atoms with van der Waals surface area (Å²) in [6.07, 6.45) is 6.28. The van der Waals surface area contributed by atoms with E-state index in [1.165, 1.54) is 11.3 Å². The van der Waals surface area contributed by atoms with E-state index in [2.05, 4.69) is 28.1 Å². The second-order valence-electron chi connectivity index (χ2n) is 7.30. The molecule has 6 heteroatoms. The molecular weight excluding hydrogens is 340 g/mol. The van der Waals surface area contributed by atoms with Crippen LogP contribution < -0.4 is 10.6 Å². The minimum atomic E-state index is -0.415. The maximum absolute atomic E-state index is 11.9. The maximum Gasteiger partial charge on any atom is 0.317 e. The van der Waals surface area contributed by atoms with E-state index in [1.807, 2.05) is 30.6 Å². The number of primary amides is 1. The van der Waals surface area contributed by atoms with Crippen LogP contribution in [-0.2, 0) is 11.2 Å². The van der Waals surface area contributed by atoms with Crippen LogP contribution in [0.4, 0.5) is 10.5 Å². The van der Waals surface area contributed by atoms with Gasteiger partial charge in [-0.2, -0.15) is 0 Å². The Hall–Kier alpha value is -2.60. The molecule has 142 valence electrons. The molecule has 1 atom stereocenters. The number of piperidine rings is 1. The van der Waals surface area contributed by atoms with Gasteiger partial charge in [-0.15, -0.1) is 0 Å². The van der Waals surface area contributed by atoms with E-state index in [1.54, 1.807) is 4.90 Å². The highest BCUT2D eigenvalue weighted by Crippen LogP contribution is 2.32. The Morgan fingerprint density at radius 2 is 1.85 bits per heavy atom. The summed E-state index contributed by atoms with van der Waals surface area (Å²) >= 11 is 0. The zero-order chi connectivity index (χ0) is 18.6. The molecule has 0 aliphatic carbocycles. The Bertz CT molecular complexity index is 775. The van der Waals surface area contributed by atoms with Crippen molar-refractivity contribution in [3.8, 4) is 0 Å². The van der Waals surface area contributed by atoms with Crippen molar-refractivity contribution in [3.05, 3.63) is 59.9 Å². The van der Waals surface area contributed by atoms with E-state index in [9.17, 15) is 4.79 Å². The molecule has 0 radical (unpaired) electrons. The number of carbonyl (C=O) groups excluding carboxylic acids is 1.